The molecule has 1 saturated heterocycles. The van der Waals surface area contributed by atoms with Gasteiger partial charge in [0, 0.05) is 19.6 Å². The van der Waals surface area contributed by atoms with Gasteiger partial charge in [0.1, 0.15) is 0 Å². The van der Waals surface area contributed by atoms with Crippen molar-refractivity contribution in [1.82, 2.24) is 9.91 Å². The van der Waals surface area contributed by atoms with Crippen molar-refractivity contribution in [3.05, 3.63) is 47.4 Å². The Morgan fingerprint density at radius 2 is 1.73 bits per heavy atom. The second-order valence-corrected chi connectivity index (χ2v) is 3.82. The number of rotatable bonds is 2. The standard InChI is InChI=1S/C12H15N3/c1-13-15-9-7-14(8-10-15)11-12-5-3-2-4-6-12/h2-6H,7-11H2. The van der Waals surface area contributed by atoms with E-state index in [-0.39, 0.29) is 0 Å². The average Bonchev–Trinajstić information content (AvgIpc) is 2.31. The van der Waals surface area contributed by atoms with E-state index in [0.29, 0.717) is 0 Å². The van der Waals surface area contributed by atoms with Gasteiger partial charge in [0.2, 0.25) is 0 Å². The van der Waals surface area contributed by atoms with E-state index in [2.05, 4.69) is 34.1 Å². The van der Waals surface area contributed by atoms with Crippen LogP contribution in [0.4, 0.5) is 0 Å². The highest BCUT2D eigenvalue weighted by molar-refractivity contribution is 5.14. The molecule has 0 bridgehead atoms. The molecule has 15 heavy (non-hydrogen) atoms. The highest BCUT2D eigenvalue weighted by atomic mass is 15.5. The van der Waals surface area contributed by atoms with Crippen LogP contribution >= 0.6 is 0 Å². The van der Waals surface area contributed by atoms with E-state index < -0.39 is 0 Å². The first-order valence-electron chi connectivity index (χ1n) is 5.27. The highest BCUT2D eigenvalue weighted by Crippen LogP contribution is 2.08. The molecule has 0 amide bonds. The summed E-state index contributed by atoms with van der Waals surface area (Å²) in [5.74, 6) is 0. The Bertz CT molecular complexity index is 334. The van der Waals surface area contributed by atoms with Crippen LogP contribution in [-0.2, 0) is 6.54 Å². The molecule has 1 fully saturated rings. The molecule has 0 aliphatic carbocycles. The predicted molar refractivity (Wildman–Crippen MR) is 59.9 cm³/mol. The van der Waals surface area contributed by atoms with Crippen molar-refractivity contribution in [3.63, 3.8) is 0 Å². The molecular weight excluding hydrogens is 186 g/mol. The first-order chi connectivity index (χ1) is 7.38. The van der Waals surface area contributed by atoms with Gasteiger partial charge in [-0.3, -0.25) is 4.90 Å². The number of hydrogen-bond donors (Lipinski definition) is 0. The average molecular weight is 201 g/mol. The van der Waals surface area contributed by atoms with Crippen molar-refractivity contribution in [2.45, 2.75) is 6.54 Å². The van der Waals surface area contributed by atoms with Crippen LogP contribution in [0.1, 0.15) is 5.56 Å². The molecule has 0 N–H and O–H groups in total. The SMILES string of the molecule is [C-]#[N+]N1CCN(Cc2ccccc2)CC1. The maximum absolute atomic E-state index is 6.92. The molecule has 0 radical (unpaired) electrons. The van der Waals surface area contributed by atoms with Crippen molar-refractivity contribution in [2.75, 3.05) is 26.2 Å². The number of nitrogens with zero attached hydrogens (tertiary/aromatic N) is 3. The summed E-state index contributed by atoms with van der Waals surface area (Å²) in [5, 5.41) is 1.81. The molecule has 1 aromatic carbocycles. The summed E-state index contributed by atoms with van der Waals surface area (Å²) in [6.07, 6.45) is 0. The zero-order chi connectivity index (χ0) is 10.5. The molecule has 0 spiro atoms. The first-order valence-corrected chi connectivity index (χ1v) is 5.27. The molecule has 0 atom stereocenters. The molecule has 1 aromatic rings. The lowest BCUT2D eigenvalue weighted by atomic mass is 10.2. The molecule has 1 aliphatic heterocycles. The van der Waals surface area contributed by atoms with Gasteiger partial charge in [0.05, 0.1) is 13.1 Å². The lowest BCUT2D eigenvalue weighted by molar-refractivity contribution is 0.160. The van der Waals surface area contributed by atoms with Crippen LogP contribution in [0.2, 0.25) is 0 Å². The second-order valence-electron chi connectivity index (χ2n) is 3.82. The van der Waals surface area contributed by atoms with Gasteiger partial charge in [-0.25, -0.2) is 0 Å². The topological polar surface area (TPSA) is 10.8 Å². The summed E-state index contributed by atoms with van der Waals surface area (Å²) in [7, 11) is 0. The summed E-state index contributed by atoms with van der Waals surface area (Å²) >= 11 is 0. The van der Waals surface area contributed by atoms with Crippen molar-refractivity contribution < 1.29 is 0 Å². The van der Waals surface area contributed by atoms with E-state index in [1.807, 2.05) is 11.1 Å². The molecule has 78 valence electrons. The third-order valence-corrected chi connectivity index (χ3v) is 2.74. The quantitative estimate of drug-likeness (QED) is 0.674. The van der Waals surface area contributed by atoms with Crippen LogP contribution in [0.5, 0.6) is 0 Å². The van der Waals surface area contributed by atoms with Crippen LogP contribution in [0.3, 0.4) is 0 Å². The van der Waals surface area contributed by atoms with Crippen molar-refractivity contribution in [3.8, 4) is 0 Å². The van der Waals surface area contributed by atoms with Crippen LogP contribution in [-0.4, -0.2) is 36.1 Å². The van der Waals surface area contributed by atoms with Crippen LogP contribution in [0, 0.1) is 6.57 Å². The van der Waals surface area contributed by atoms with E-state index in [0.717, 1.165) is 32.7 Å². The maximum atomic E-state index is 6.92. The van der Waals surface area contributed by atoms with Gasteiger partial charge >= 0.3 is 0 Å². The first kappa shape index (κ1) is 10.0. The van der Waals surface area contributed by atoms with Crippen LogP contribution in [0.25, 0.3) is 4.95 Å². The fourth-order valence-corrected chi connectivity index (χ4v) is 1.84. The lowest BCUT2D eigenvalue weighted by Gasteiger charge is -2.28. The molecule has 3 heteroatoms. The van der Waals surface area contributed by atoms with E-state index in [4.69, 9.17) is 6.57 Å². The number of piperazine rings is 1. The van der Waals surface area contributed by atoms with Crippen molar-refractivity contribution >= 4 is 0 Å². The largest absolute Gasteiger partial charge is 0.295 e. The van der Waals surface area contributed by atoms with Gasteiger partial charge < -0.3 is 0 Å². The van der Waals surface area contributed by atoms with E-state index in [1.54, 1.807) is 0 Å². The number of benzene rings is 1. The Hall–Kier alpha value is -1.53. The van der Waals surface area contributed by atoms with Gasteiger partial charge in [0.15, 0.2) is 0 Å². The van der Waals surface area contributed by atoms with Gasteiger partial charge in [-0.2, -0.15) is 11.5 Å². The monoisotopic (exact) mass is 201 g/mol. The van der Waals surface area contributed by atoms with E-state index >= 15 is 0 Å². The Morgan fingerprint density at radius 1 is 1.07 bits per heavy atom. The smallest absolute Gasteiger partial charge is 0.0987 e. The molecule has 1 aliphatic rings. The molecule has 3 nitrogen and oxygen atoms in total. The van der Waals surface area contributed by atoms with Crippen molar-refractivity contribution in [1.29, 1.82) is 0 Å². The van der Waals surface area contributed by atoms with Gasteiger partial charge in [-0.05, 0) is 5.56 Å². The Balaban J connectivity index is 1.85. The van der Waals surface area contributed by atoms with Crippen LogP contribution in [0.15, 0.2) is 30.3 Å². The Kier molecular flexibility index (Phi) is 3.21. The van der Waals surface area contributed by atoms with E-state index in [9.17, 15) is 0 Å². The minimum Gasteiger partial charge on any atom is -0.295 e. The summed E-state index contributed by atoms with van der Waals surface area (Å²) in [4.78, 5) is 5.85. The van der Waals surface area contributed by atoms with E-state index in [1.165, 1.54) is 5.56 Å². The highest BCUT2D eigenvalue weighted by Gasteiger charge is 2.18. The fourth-order valence-electron chi connectivity index (χ4n) is 1.84. The molecule has 1 heterocycles. The second kappa shape index (κ2) is 4.81. The molecule has 2 rings (SSSR count). The van der Waals surface area contributed by atoms with Gasteiger partial charge in [-0.15, -0.1) is 5.01 Å². The molecule has 0 aromatic heterocycles. The van der Waals surface area contributed by atoms with Gasteiger partial charge in [-0.1, -0.05) is 30.3 Å². The minimum atomic E-state index is 0.871. The molecular formula is C12H15N3. The van der Waals surface area contributed by atoms with Gasteiger partial charge in [0.25, 0.3) is 0 Å². The fraction of sp³-hybridized carbons (Fsp3) is 0.417. The maximum Gasteiger partial charge on any atom is 0.0987 e. The lowest BCUT2D eigenvalue weighted by Crippen LogP contribution is -2.42. The summed E-state index contributed by atoms with van der Waals surface area (Å²) in [6, 6.07) is 10.5. The van der Waals surface area contributed by atoms with Crippen molar-refractivity contribution in [2.24, 2.45) is 0 Å². The predicted octanol–water partition coefficient (Wildman–Crippen LogP) is 1.64. The third kappa shape index (κ3) is 2.71. The normalized spacial score (nSPS) is 17.4. The number of hydrogen-bond acceptors (Lipinski definition) is 2. The Morgan fingerprint density at radius 3 is 2.33 bits per heavy atom. The Labute approximate surface area is 90.7 Å². The summed E-state index contributed by atoms with van der Waals surface area (Å²) in [5.41, 5.74) is 1.36. The zero-order valence-electron chi connectivity index (χ0n) is 8.76. The van der Waals surface area contributed by atoms with Crippen LogP contribution < -0.4 is 0 Å². The summed E-state index contributed by atoms with van der Waals surface area (Å²) in [6.45, 7) is 11.7. The molecule has 0 saturated carbocycles. The zero-order valence-corrected chi connectivity index (χ0v) is 8.76. The third-order valence-electron chi connectivity index (χ3n) is 2.74. The minimum absolute atomic E-state index is 0.871. The summed E-state index contributed by atoms with van der Waals surface area (Å²) < 4.78 is 0. The molecule has 0 unspecified atom stereocenters.